The third-order valence-corrected chi connectivity index (χ3v) is 4.01. The molecule has 0 atom stereocenters. The summed E-state index contributed by atoms with van der Waals surface area (Å²) in [5.74, 6) is 1.10. The molecule has 26 heavy (non-hydrogen) atoms. The van der Waals surface area contributed by atoms with Crippen molar-refractivity contribution in [3.63, 3.8) is 0 Å². The van der Waals surface area contributed by atoms with E-state index in [0.717, 1.165) is 0 Å². The lowest BCUT2D eigenvalue weighted by molar-refractivity contribution is -0.383. The molecule has 0 aliphatic heterocycles. The van der Waals surface area contributed by atoms with Crippen molar-refractivity contribution in [1.29, 1.82) is 0 Å². The van der Waals surface area contributed by atoms with E-state index in [1.54, 1.807) is 29.8 Å². The topological polar surface area (TPSA) is 124 Å². The highest BCUT2D eigenvalue weighted by Gasteiger charge is 2.24. The van der Waals surface area contributed by atoms with E-state index in [-0.39, 0.29) is 17.3 Å². The molecule has 2 heterocycles. The number of ether oxygens (including phenoxy) is 2. The highest BCUT2D eigenvalue weighted by atomic mass is 32.1. The maximum Gasteiger partial charge on any atom is 0.353 e. The van der Waals surface area contributed by atoms with Gasteiger partial charge in [-0.05, 0) is 12.1 Å². The van der Waals surface area contributed by atoms with Crippen LogP contribution in [0.3, 0.4) is 0 Å². The Morgan fingerprint density at radius 2 is 1.88 bits per heavy atom. The molecule has 10 nitrogen and oxygen atoms in total. The molecule has 0 spiro atoms. The molecular weight excluding hydrogens is 360 g/mol. The zero-order valence-electron chi connectivity index (χ0n) is 13.8. The Balaban J connectivity index is 1.99. The van der Waals surface area contributed by atoms with Gasteiger partial charge in [-0.15, -0.1) is 11.3 Å². The normalized spacial score (nSPS) is 10.2. The molecule has 0 bridgehead atoms. The Morgan fingerprint density at radius 1 is 1.12 bits per heavy atom. The van der Waals surface area contributed by atoms with Crippen molar-refractivity contribution < 1.29 is 14.4 Å². The second kappa shape index (κ2) is 7.61. The van der Waals surface area contributed by atoms with Crippen LogP contribution in [-0.2, 0) is 0 Å². The van der Waals surface area contributed by atoms with Crippen molar-refractivity contribution in [1.82, 2.24) is 15.0 Å². The van der Waals surface area contributed by atoms with Crippen molar-refractivity contribution in [3.05, 3.63) is 46.2 Å². The third-order valence-electron chi connectivity index (χ3n) is 3.32. The smallest absolute Gasteiger partial charge is 0.353 e. The van der Waals surface area contributed by atoms with Gasteiger partial charge in [0.15, 0.2) is 5.13 Å². The molecule has 0 saturated heterocycles. The molecule has 0 aliphatic rings. The lowest BCUT2D eigenvalue weighted by atomic mass is 10.2. The van der Waals surface area contributed by atoms with Crippen LogP contribution in [0.15, 0.2) is 36.1 Å². The summed E-state index contributed by atoms with van der Waals surface area (Å²) in [6.45, 7) is 0. The number of hydrogen-bond acceptors (Lipinski definition) is 10. The van der Waals surface area contributed by atoms with Crippen LogP contribution in [0.5, 0.6) is 11.5 Å². The summed E-state index contributed by atoms with van der Waals surface area (Å²) in [5, 5.41) is 19.6. The summed E-state index contributed by atoms with van der Waals surface area (Å²) in [7, 11) is 3.03. The van der Waals surface area contributed by atoms with Crippen molar-refractivity contribution in [2.75, 3.05) is 24.9 Å². The van der Waals surface area contributed by atoms with E-state index in [2.05, 4.69) is 25.6 Å². The molecule has 11 heteroatoms. The predicted octanol–water partition coefficient (Wildman–Crippen LogP) is 3.35. The predicted molar refractivity (Wildman–Crippen MR) is 96.9 cm³/mol. The molecule has 0 radical (unpaired) electrons. The summed E-state index contributed by atoms with van der Waals surface area (Å²) in [6.07, 6.45) is 2.81. The van der Waals surface area contributed by atoms with Crippen LogP contribution < -0.4 is 20.1 Å². The minimum absolute atomic E-state index is 0.0209. The number of hydrogen-bond donors (Lipinski definition) is 2. The number of rotatable bonds is 7. The van der Waals surface area contributed by atoms with Crippen molar-refractivity contribution in [2.45, 2.75) is 0 Å². The first kappa shape index (κ1) is 17.4. The standard InChI is InChI=1S/C15H14N6O4S/c1-24-9-3-4-10(11(7-9)25-2)19-13-12(21(22)23)14(18-8-17-13)20-15-16-5-6-26-15/h3-8H,1-2H3,(H2,16,17,18,19,20). The fourth-order valence-corrected chi connectivity index (χ4v) is 2.68. The van der Waals surface area contributed by atoms with Crippen molar-refractivity contribution >= 4 is 39.5 Å². The molecule has 0 fully saturated rings. The van der Waals surface area contributed by atoms with Crippen molar-refractivity contribution in [3.8, 4) is 11.5 Å². The summed E-state index contributed by atoms with van der Waals surface area (Å²) in [6, 6.07) is 5.04. The van der Waals surface area contributed by atoms with Gasteiger partial charge in [0.1, 0.15) is 17.8 Å². The summed E-state index contributed by atoms with van der Waals surface area (Å²) < 4.78 is 10.4. The Labute approximate surface area is 152 Å². The summed E-state index contributed by atoms with van der Waals surface area (Å²) in [5.41, 5.74) is 0.191. The molecule has 0 saturated carbocycles. The van der Waals surface area contributed by atoms with Gasteiger partial charge in [0.25, 0.3) is 0 Å². The maximum atomic E-state index is 11.6. The Kier molecular flexibility index (Phi) is 5.08. The van der Waals surface area contributed by atoms with Crippen LogP contribution in [0.1, 0.15) is 0 Å². The van der Waals surface area contributed by atoms with Crippen LogP contribution in [0.4, 0.5) is 28.1 Å². The monoisotopic (exact) mass is 374 g/mol. The number of anilines is 4. The van der Waals surface area contributed by atoms with Gasteiger partial charge in [0, 0.05) is 17.6 Å². The van der Waals surface area contributed by atoms with Crippen LogP contribution in [0.2, 0.25) is 0 Å². The van der Waals surface area contributed by atoms with E-state index in [1.807, 2.05) is 0 Å². The number of nitro groups is 1. The number of nitrogens with one attached hydrogen (secondary N) is 2. The largest absolute Gasteiger partial charge is 0.497 e. The van der Waals surface area contributed by atoms with E-state index in [4.69, 9.17) is 9.47 Å². The Bertz CT molecular complexity index is 919. The number of methoxy groups -OCH3 is 2. The fourth-order valence-electron chi connectivity index (χ4n) is 2.15. The fraction of sp³-hybridized carbons (Fsp3) is 0.133. The van der Waals surface area contributed by atoms with Gasteiger partial charge in [-0.2, -0.15) is 0 Å². The van der Waals surface area contributed by atoms with E-state index in [0.29, 0.717) is 22.3 Å². The average molecular weight is 374 g/mol. The molecule has 1 aromatic carbocycles. The quantitative estimate of drug-likeness (QED) is 0.473. The lowest BCUT2D eigenvalue weighted by Gasteiger charge is -2.13. The van der Waals surface area contributed by atoms with E-state index >= 15 is 0 Å². The third kappa shape index (κ3) is 3.62. The second-order valence-electron chi connectivity index (χ2n) is 4.83. The molecule has 2 N–H and O–H groups in total. The first-order valence-corrected chi connectivity index (χ1v) is 8.15. The average Bonchev–Trinajstić information content (AvgIpc) is 3.15. The SMILES string of the molecule is COc1ccc(Nc2ncnc(Nc3nccs3)c2[N+](=O)[O-])c(OC)c1. The van der Waals surface area contributed by atoms with Gasteiger partial charge in [-0.3, -0.25) is 10.1 Å². The van der Waals surface area contributed by atoms with Crippen LogP contribution in [0.25, 0.3) is 0 Å². The number of nitrogens with zero attached hydrogens (tertiary/aromatic N) is 4. The minimum Gasteiger partial charge on any atom is -0.497 e. The van der Waals surface area contributed by atoms with Crippen LogP contribution in [0, 0.1) is 10.1 Å². The van der Waals surface area contributed by atoms with Gasteiger partial charge in [0.05, 0.1) is 24.8 Å². The number of benzene rings is 1. The second-order valence-corrected chi connectivity index (χ2v) is 5.72. The van der Waals surface area contributed by atoms with Crippen molar-refractivity contribution in [2.24, 2.45) is 0 Å². The molecule has 0 unspecified atom stereocenters. The van der Waals surface area contributed by atoms with E-state index in [1.165, 1.54) is 31.9 Å². The molecule has 2 aromatic heterocycles. The molecule has 3 aromatic rings. The lowest BCUT2D eigenvalue weighted by Crippen LogP contribution is -2.06. The molecule has 0 amide bonds. The first-order chi connectivity index (χ1) is 12.6. The maximum absolute atomic E-state index is 11.6. The minimum atomic E-state index is -0.561. The number of thiazole rings is 1. The Morgan fingerprint density at radius 3 is 2.50 bits per heavy atom. The van der Waals surface area contributed by atoms with E-state index in [9.17, 15) is 10.1 Å². The van der Waals surface area contributed by atoms with Gasteiger partial charge < -0.3 is 20.1 Å². The van der Waals surface area contributed by atoms with Crippen LogP contribution in [-0.4, -0.2) is 34.1 Å². The van der Waals surface area contributed by atoms with Gasteiger partial charge in [-0.25, -0.2) is 15.0 Å². The number of aromatic nitrogens is 3. The molecule has 3 rings (SSSR count). The van der Waals surface area contributed by atoms with Crippen LogP contribution >= 0.6 is 11.3 Å². The zero-order valence-corrected chi connectivity index (χ0v) is 14.6. The van der Waals surface area contributed by atoms with Gasteiger partial charge in [0.2, 0.25) is 11.6 Å². The zero-order chi connectivity index (χ0) is 18.5. The highest BCUT2D eigenvalue weighted by Crippen LogP contribution is 2.36. The Hall–Kier alpha value is -3.47. The van der Waals surface area contributed by atoms with Gasteiger partial charge in [-0.1, -0.05) is 0 Å². The highest BCUT2D eigenvalue weighted by molar-refractivity contribution is 7.13. The van der Waals surface area contributed by atoms with E-state index < -0.39 is 4.92 Å². The molecule has 134 valence electrons. The molecule has 0 aliphatic carbocycles. The first-order valence-electron chi connectivity index (χ1n) is 7.27. The van der Waals surface area contributed by atoms with Gasteiger partial charge >= 0.3 is 5.69 Å². The summed E-state index contributed by atoms with van der Waals surface area (Å²) >= 11 is 1.30. The summed E-state index contributed by atoms with van der Waals surface area (Å²) in [4.78, 5) is 23.0. The molecular formula is C15H14N6O4S.